The Morgan fingerprint density at radius 3 is 2.70 bits per heavy atom. The summed E-state index contributed by atoms with van der Waals surface area (Å²) in [6, 6.07) is 8.83. The fourth-order valence-electron chi connectivity index (χ4n) is 1.84. The van der Waals surface area contributed by atoms with E-state index in [9.17, 15) is 4.79 Å². The Morgan fingerprint density at radius 2 is 2.05 bits per heavy atom. The summed E-state index contributed by atoms with van der Waals surface area (Å²) < 4.78 is 10.3. The van der Waals surface area contributed by atoms with Crippen molar-refractivity contribution in [1.82, 2.24) is 0 Å². The van der Waals surface area contributed by atoms with E-state index in [0.29, 0.717) is 22.8 Å². The summed E-state index contributed by atoms with van der Waals surface area (Å²) in [6.07, 6.45) is 0.852. The second-order valence-corrected chi connectivity index (χ2v) is 4.69. The molecular formula is C15H16ClNO3. The molecule has 0 saturated carbocycles. The van der Waals surface area contributed by atoms with Crippen LogP contribution in [0.5, 0.6) is 0 Å². The van der Waals surface area contributed by atoms with E-state index in [1.807, 2.05) is 19.1 Å². The first kappa shape index (κ1) is 14.5. The average Bonchev–Trinajstić information content (AvgIpc) is 2.92. The van der Waals surface area contributed by atoms with Crippen LogP contribution >= 0.6 is 11.6 Å². The second-order valence-electron chi connectivity index (χ2n) is 4.26. The van der Waals surface area contributed by atoms with Gasteiger partial charge in [-0.15, -0.1) is 0 Å². The number of carbonyl (C=O) groups is 1. The van der Waals surface area contributed by atoms with Gasteiger partial charge in [0, 0.05) is 11.4 Å². The van der Waals surface area contributed by atoms with Crippen LogP contribution in [-0.2, 0) is 17.7 Å². The van der Waals surface area contributed by atoms with Gasteiger partial charge in [-0.1, -0.05) is 18.5 Å². The molecule has 0 aliphatic carbocycles. The predicted molar refractivity (Wildman–Crippen MR) is 78.2 cm³/mol. The minimum atomic E-state index is -0.405. The van der Waals surface area contributed by atoms with Crippen LogP contribution in [0.25, 0.3) is 0 Å². The summed E-state index contributed by atoms with van der Waals surface area (Å²) in [7, 11) is 1.35. The van der Waals surface area contributed by atoms with Gasteiger partial charge in [0.25, 0.3) is 0 Å². The summed E-state index contributed by atoms with van der Waals surface area (Å²) in [5, 5.41) is 3.69. The Labute approximate surface area is 122 Å². The number of carbonyl (C=O) groups excluding carboxylic acids is 1. The zero-order valence-corrected chi connectivity index (χ0v) is 12.2. The minimum absolute atomic E-state index is 0.405. The highest BCUT2D eigenvalue weighted by Gasteiger charge is 2.12. The lowest BCUT2D eigenvalue weighted by atomic mass is 10.1. The van der Waals surface area contributed by atoms with Crippen molar-refractivity contribution in [3.05, 3.63) is 52.4 Å². The van der Waals surface area contributed by atoms with Crippen molar-refractivity contribution >= 4 is 23.3 Å². The summed E-state index contributed by atoms with van der Waals surface area (Å²) in [5.41, 5.74) is 1.07. The van der Waals surface area contributed by atoms with Gasteiger partial charge in [0.1, 0.15) is 11.5 Å². The third-order valence-electron chi connectivity index (χ3n) is 2.91. The number of rotatable bonds is 5. The third-order valence-corrected chi connectivity index (χ3v) is 3.14. The summed E-state index contributed by atoms with van der Waals surface area (Å²) >= 11 is 5.96. The SMILES string of the molecule is CCc1ccc(CNc2cc(Cl)ccc2C(=O)OC)o1. The van der Waals surface area contributed by atoms with Gasteiger partial charge in [-0.25, -0.2) is 4.79 Å². The fourth-order valence-corrected chi connectivity index (χ4v) is 2.01. The van der Waals surface area contributed by atoms with Crippen LogP contribution in [0.4, 0.5) is 5.69 Å². The molecule has 2 rings (SSSR count). The number of benzene rings is 1. The zero-order chi connectivity index (χ0) is 14.5. The zero-order valence-electron chi connectivity index (χ0n) is 11.4. The van der Waals surface area contributed by atoms with Gasteiger partial charge in [0.05, 0.1) is 24.9 Å². The van der Waals surface area contributed by atoms with Gasteiger partial charge < -0.3 is 14.5 Å². The van der Waals surface area contributed by atoms with Gasteiger partial charge in [-0.3, -0.25) is 0 Å². The number of hydrogen-bond donors (Lipinski definition) is 1. The highest BCUT2D eigenvalue weighted by molar-refractivity contribution is 6.31. The third kappa shape index (κ3) is 3.33. The number of hydrogen-bond acceptors (Lipinski definition) is 4. The highest BCUT2D eigenvalue weighted by Crippen LogP contribution is 2.23. The number of esters is 1. The molecule has 0 spiro atoms. The standard InChI is InChI=1S/C15H16ClNO3/c1-3-11-5-6-12(20-11)9-17-14-8-10(16)4-7-13(14)15(18)19-2/h4-8,17H,3,9H2,1-2H3. The topological polar surface area (TPSA) is 51.5 Å². The first-order chi connectivity index (χ1) is 9.63. The molecule has 0 aliphatic rings. The molecule has 1 aromatic heterocycles. The fraction of sp³-hybridized carbons (Fsp3) is 0.267. The van der Waals surface area contributed by atoms with Crippen LogP contribution in [0.3, 0.4) is 0 Å². The number of anilines is 1. The lowest BCUT2D eigenvalue weighted by Gasteiger charge is -2.10. The van der Waals surface area contributed by atoms with E-state index in [1.54, 1.807) is 18.2 Å². The molecule has 0 radical (unpaired) electrons. The second kappa shape index (κ2) is 6.48. The number of ether oxygens (including phenoxy) is 1. The molecule has 106 valence electrons. The van der Waals surface area contributed by atoms with Crippen LogP contribution < -0.4 is 5.32 Å². The molecule has 0 saturated heterocycles. The van der Waals surface area contributed by atoms with Crippen molar-refractivity contribution in [3.63, 3.8) is 0 Å². The van der Waals surface area contributed by atoms with Crippen molar-refractivity contribution in [2.24, 2.45) is 0 Å². The van der Waals surface area contributed by atoms with Crippen molar-refractivity contribution in [2.45, 2.75) is 19.9 Å². The Balaban J connectivity index is 2.15. The molecule has 4 nitrogen and oxygen atoms in total. The van der Waals surface area contributed by atoms with Gasteiger partial charge in [0.15, 0.2) is 0 Å². The average molecular weight is 294 g/mol. The van der Waals surface area contributed by atoms with Gasteiger partial charge in [-0.05, 0) is 30.3 Å². The van der Waals surface area contributed by atoms with Crippen molar-refractivity contribution < 1.29 is 13.9 Å². The molecule has 2 aromatic rings. The summed E-state index contributed by atoms with van der Waals surface area (Å²) in [5.74, 6) is 1.33. The molecule has 1 heterocycles. The van der Waals surface area contributed by atoms with Gasteiger partial charge in [0.2, 0.25) is 0 Å². The number of nitrogens with one attached hydrogen (secondary N) is 1. The maximum Gasteiger partial charge on any atom is 0.339 e. The van der Waals surface area contributed by atoms with Crippen LogP contribution in [0.15, 0.2) is 34.7 Å². The molecule has 20 heavy (non-hydrogen) atoms. The van der Waals surface area contributed by atoms with Gasteiger partial charge >= 0.3 is 5.97 Å². The van der Waals surface area contributed by atoms with Crippen molar-refractivity contribution in [3.8, 4) is 0 Å². The highest BCUT2D eigenvalue weighted by atomic mass is 35.5. The molecule has 0 fully saturated rings. The van der Waals surface area contributed by atoms with E-state index in [-0.39, 0.29) is 0 Å². The van der Waals surface area contributed by atoms with E-state index >= 15 is 0 Å². The van der Waals surface area contributed by atoms with Crippen molar-refractivity contribution in [2.75, 3.05) is 12.4 Å². The molecular weight excluding hydrogens is 278 g/mol. The van der Waals surface area contributed by atoms with Gasteiger partial charge in [-0.2, -0.15) is 0 Å². The first-order valence-electron chi connectivity index (χ1n) is 6.33. The largest absolute Gasteiger partial charge is 0.465 e. The first-order valence-corrected chi connectivity index (χ1v) is 6.71. The lowest BCUT2D eigenvalue weighted by Crippen LogP contribution is -2.08. The Morgan fingerprint density at radius 1 is 1.30 bits per heavy atom. The van der Waals surface area contributed by atoms with Crippen molar-refractivity contribution in [1.29, 1.82) is 0 Å². The molecule has 5 heteroatoms. The van der Waals surface area contributed by atoms with E-state index in [2.05, 4.69) is 5.32 Å². The quantitative estimate of drug-likeness (QED) is 0.850. The van der Waals surface area contributed by atoms with Crippen LogP contribution in [0.2, 0.25) is 5.02 Å². The lowest BCUT2D eigenvalue weighted by molar-refractivity contribution is 0.0602. The number of aryl methyl sites for hydroxylation is 1. The summed E-state index contributed by atoms with van der Waals surface area (Å²) in [6.45, 7) is 2.51. The maximum absolute atomic E-state index is 11.7. The number of furan rings is 1. The number of halogens is 1. The van der Waals surface area contributed by atoms with E-state index in [4.69, 9.17) is 20.8 Å². The van der Waals surface area contributed by atoms with Crippen LogP contribution in [0, 0.1) is 0 Å². The minimum Gasteiger partial charge on any atom is -0.465 e. The monoisotopic (exact) mass is 293 g/mol. The van der Waals surface area contributed by atoms with E-state index in [0.717, 1.165) is 17.9 Å². The molecule has 0 unspecified atom stereocenters. The molecule has 1 N–H and O–H groups in total. The van der Waals surface area contributed by atoms with E-state index in [1.165, 1.54) is 7.11 Å². The maximum atomic E-state index is 11.7. The van der Waals surface area contributed by atoms with Crippen LogP contribution in [-0.4, -0.2) is 13.1 Å². The molecule has 1 aromatic carbocycles. The molecule has 0 atom stereocenters. The smallest absolute Gasteiger partial charge is 0.339 e. The molecule has 0 amide bonds. The van der Waals surface area contributed by atoms with E-state index < -0.39 is 5.97 Å². The molecule has 0 aliphatic heterocycles. The predicted octanol–water partition coefficient (Wildman–Crippen LogP) is 3.89. The Bertz CT molecular complexity index is 607. The van der Waals surface area contributed by atoms with Crippen LogP contribution in [0.1, 0.15) is 28.8 Å². The summed E-state index contributed by atoms with van der Waals surface area (Å²) in [4.78, 5) is 11.7. The Hall–Kier alpha value is -1.94. The Kier molecular flexibility index (Phi) is 4.69. The molecule has 0 bridgehead atoms. The number of methoxy groups -OCH3 is 1. The normalized spacial score (nSPS) is 10.3.